The van der Waals surface area contributed by atoms with Gasteiger partial charge in [-0.1, -0.05) is 20.8 Å². The third kappa shape index (κ3) is 7.34. The summed E-state index contributed by atoms with van der Waals surface area (Å²) in [6.45, 7) is 10.4. The Morgan fingerprint density at radius 2 is 2.05 bits per heavy atom. The zero-order valence-electron chi connectivity index (χ0n) is 12.9. The van der Waals surface area contributed by atoms with Gasteiger partial charge in [-0.05, 0) is 31.6 Å². The van der Waals surface area contributed by atoms with E-state index in [0.29, 0.717) is 18.1 Å². The lowest BCUT2D eigenvalue weighted by molar-refractivity contribution is 0.0258. The van der Waals surface area contributed by atoms with Crippen molar-refractivity contribution in [1.82, 2.24) is 10.6 Å². The van der Waals surface area contributed by atoms with Crippen LogP contribution in [0.25, 0.3) is 0 Å². The number of aliphatic imine (C=N–C) groups is 1. The Kier molecular flexibility index (Phi) is 9.78. The number of hydrogen-bond donors (Lipinski definition) is 2. The van der Waals surface area contributed by atoms with E-state index in [9.17, 15) is 0 Å². The average molecular weight is 383 g/mol. The van der Waals surface area contributed by atoms with Crippen molar-refractivity contribution in [3.05, 3.63) is 0 Å². The molecular weight excluding hydrogens is 353 g/mol. The zero-order valence-corrected chi connectivity index (χ0v) is 15.2. The highest BCUT2D eigenvalue weighted by atomic mass is 127. The number of nitrogens with zero attached hydrogens (tertiary/aromatic N) is 1. The number of hydrogen-bond acceptors (Lipinski definition) is 2. The second-order valence-electron chi connectivity index (χ2n) is 5.49. The van der Waals surface area contributed by atoms with Crippen molar-refractivity contribution >= 4 is 29.9 Å². The molecule has 4 nitrogen and oxygen atoms in total. The van der Waals surface area contributed by atoms with Crippen LogP contribution in [-0.4, -0.2) is 38.3 Å². The van der Waals surface area contributed by atoms with Gasteiger partial charge in [-0.25, -0.2) is 0 Å². The fourth-order valence-electron chi connectivity index (χ4n) is 2.05. The van der Waals surface area contributed by atoms with Gasteiger partial charge in [0.25, 0.3) is 0 Å². The number of nitrogens with one attached hydrogen (secondary N) is 2. The molecule has 0 amide bonds. The van der Waals surface area contributed by atoms with E-state index < -0.39 is 0 Å². The number of ether oxygens (including phenoxy) is 1. The van der Waals surface area contributed by atoms with Crippen LogP contribution >= 0.6 is 24.0 Å². The summed E-state index contributed by atoms with van der Waals surface area (Å²) < 4.78 is 5.73. The fourth-order valence-corrected chi connectivity index (χ4v) is 2.05. The Morgan fingerprint density at radius 1 is 1.42 bits per heavy atom. The molecule has 3 atom stereocenters. The zero-order chi connectivity index (χ0) is 13.5. The van der Waals surface area contributed by atoms with Gasteiger partial charge in [0.2, 0.25) is 0 Å². The van der Waals surface area contributed by atoms with Crippen LogP contribution < -0.4 is 10.6 Å². The Bertz CT molecular complexity index is 271. The first-order valence-corrected chi connectivity index (χ1v) is 7.17. The molecule has 0 spiro atoms. The summed E-state index contributed by atoms with van der Waals surface area (Å²) in [7, 11) is 1.82. The van der Waals surface area contributed by atoms with Crippen molar-refractivity contribution in [2.45, 2.75) is 52.7 Å². The third-order valence-corrected chi connectivity index (χ3v) is 3.50. The van der Waals surface area contributed by atoms with Crippen molar-refractivity contribution in [3.8, 4) is 0 Å². The largest absolute Gasteiger partial charge is 0.378 e. The van der Waals surface area contributed by atoms with E-state index in [1.54, 1.807) is 0 Å². The molecule has 5 heteroatoms. The molecule has 0 radical (unpaired) electrons. The summed E-state index contributed by atoms with van der Waals surface area (Å²) in [6.07, 6.45) is 2.61. The van der Waals surface area contributed by atoms with Gasteiger partial charge in [0.15, 0.2) is 5.96 Å². The lowest BCUT2D eigenvalue weighted by Crippen LogP contribution is -2.40. The predicted molar refractivity (Wildman–Crippen MR) is 92.4 cm³/mol. The van der Waals surface area contributed by atoms with Crippen molar-refractivity contribution in [2.24, 2.45) is 16.8 Å². The van der Waals surface area contributed by atoms with E-state index in [1.165, 1.54) is 6.42 Å². The van der Waals surface area contributed by atoms with Gasteiger partial charge in [0.1, 0.15) is 0 Å². The molecule has 1 saturated carbocycles. The van der Waals surface area contributed by atoms with Crippen LogP contribution in [-0.2, 0) is 4.74 Å². The minimum atomic E-state index is 0. The van der Waals surface area contributed by atoms with Crippen molar-refractivity contribution in [3.63, 3.8) is 0 Å². The molecular formula is C14H30IN3O. The maximum absolute atomic E-state index is 5.73. The summed E-state index contributed by atoms with van der Waals surface area (Å²) in [4.78, 5) is 4.24. The van der Waals surface area contributed by atoms with Crippen LogP contribution in [0.1, 0.15) is 40.5 Å². The molecule has 1 fully saturated rings. The molecule has 0 heterocycles. The van der Waals surface area contributed by atoms with Crippen LogP contribution in [0.5, 0.6) is 0 Å². The Balaban J connectivity index is 0.00000324. The first-order chi connectivity index (χ1) is 8.58. The van der Waals surface area contributed by atoms with Crippen molar-refractivity contribution in [2.75, 3.05) is 20.2 Å². The average Bonchev–Trinajstić information content (AvgIpc) is 3.02. The van der Waals surface area contributed by atoms with Crippen LogP contribution in [0.3, 0.4) is 0 Å². The van der Waals surface area contributed by atoms with E-state index in [-0.39, 0.29) is 24.0 Å². The van der Waals surface area contributed by atoms with Gasteiger partial charge in [-0.3, -0.25) is 4.99 Å². The van der Waals surface area contributed by atoms with Gasteiger partial charge in [0, 0.05) is 26.2 Å². The van der Waals surface area contributed by atoms with Gasteiger partial charge < -0.3 is 15.4 Å². The van der Waals surface area contributed by atoms with Crippen LogP contribution in [0.2, 0.25) is 0 Å². The van der Waals surface area contributed by atoms with Crippen LogP contribution in [0.15, 0.2) is 4.99 Å². The summed E-state index contributed by atoms with van der Waals surface area (Å²) in [5.74, 6) is 2.27. The van der Waals surface area contributed by atoms with Gasteiger partial charge in [-0.2, -0.15) is 0 Å². The highest BCUT2D eigenvalue weighted by Crippen LogP contribution is 2.28. The summed E-state index contributed by atoms with van der Waals surface area (Å²) in [6, 6.07) is 0.615. The minimum absolute atomic E-state index is 0. The number of guanidine groups is 1. The van der Waals surface area contributed by atoms with E-state index in [4.69, 9.17) is 4.74 Å². The molecule has 2 N–H and O–H groups in total. The maximum atomic E-state index is 5.73. The fraction of sp³-hybridized carbons (Fsp3) is 0.929. The molecule has 0 aliphatic heterocycles. The standard InChI is InChI=1S/C14H29N3O.HI/c1-6-18-13(10(2)3)7-8-16-14(15-5)17-12-9-11(12)4;/h10-13H,6-9H2,1-5H3,(H2,15,16,17);1H. The molecule has 1 aliphatic carbocycles. The SMILES string of the molecule is CCOC(CCNC(=NC)NC1CC1C)C(C)C.I. The van der Waals surface area contributed by atoms with Gasteiger partial charge >= 0.3 is 0 Å². The molecule has 1 aliphatic rings. The topological polar surface area (TPSA) is 45.6 Å². The van der Waals surface area contributed by atoms with E-state index in [1.807, 2.05) is 7.05 Å². The second-order valence-corrected chi connectivity index (χ2v) is 5.49. The lowest BCUT2D eigenvalue weighted by Gasteiger charge is -2.21. The first kappa shape index (κ1) is 19.0. The predicted octanol–water partition coefficient (Wildman–Crippen LogP) is 2.63. The molecule has 3 unspecified atom stereocenters. The van der Waals surface area contributed by atoms with Crippen LogP contribution in [0, 0.1) is 11.8 Å². The quantitative estimate of drug-likeness (QED) is 0.404. The Hall–Kier alpha value is -0.0400. The lowest BCUT2D eigenvalue weighted by atomic mass is 10.0. The smallest absolute Gasteiger partial charge is 0.191 e. The normalized spacial score (nSPS) is 23.8. The van der Waals surface area contributed by atoms with Crippen LogP contribution in [0.4, 0.5) is 0 Å². The molecule has 114 valence electrons. The number of rotatable bonds is 7. The Morgan fingerprint density at radius 3 is 2.47 bits per heavy atom. The number of halogens is 1. The molecule has 19 heavy (non-hydrogen) atoms. The molecule has 0 aromatic carbocycles. The highest BCUT2D eigenvalue weighted by molar-refractivity contribution is 14.0. The van der Waals surface area contributed by atoms with Crippen molar-refractivity contribution < 1.29 is 4.74 Å². The Labute approximate surface area is 135 Å². The molecule has 0 aromatic rings. The van der Waals surface area contributed by atoms with Gasteiger partial charge in [0.05, 0.1) is 6.10 Å². The second kappa shape index (κ2) is 9.80. The first-order valence-electron chi connectivity index (χ1n) is 7.17. The maximum Gasteiger partial charge on any atom is 0.191 e. The highest BCUT2D eigenvalue weighted by Gasteiger charge is 2.33. The van der Waals surface area contributed by atoms with E-state index in [0.717, 1.165) is 31.4 Å². The monoisotopic (exact) mass is 383 g/mol. The molecule has 0 bridgehead atoms. The minimum Gasteiger partial charge on any atom is -0.378 e. The third-order valence-electron chi connectivity index (χ3n) is 3.50. The summed E-state index contributed by atoms with van der Waals surface area (Å²) >= 11 is 0. The summed E-state index contributed by atoms with van der Waals surface area (Å²) in [5, 5.41) is 6.79. The van der Waals surface area contributed by atoms with Crippen molar-refractivity contribution in [1.29, 1.82) is 0 Å². The summed E-state index contributed by atoms with van der Waals surface area (Å²) in [5.41, 5.74) is 0. The van der Waals surface area contributed by atoms with E-state index >= 15 is 0 Å². The van der Waals surface area contributed by atoms with Gasteiger partial charge in [-0.15, -0.1) is 24.0 Å². The van der Waals surface area contributed by atoms with E-state index in [2.05, 4.69) is 43.3 Å². The molecule has 1 rings (SSSR count). The molecule has 0 aromatic heterocycles. The molecule has 0 saturated heterocycles.